The summed E-state index contributed by atoms with van der Waals surface area (Å²) in [7, 11) is 0. The summed E-state index contributed by atoms with van der Waals surface area (Å²) in [5.41, 5.74) is 1.98. The fraction of sp³-hybridized carbons (Fsp3) is 0.438. The number of hydrogen-bond acceptors (Lipinski definition) is 5. The number of likely N-dealkylation sites (tertiary alicyclic amines) is 1. The average molecular weight is 329 g/mol. The van der Waals surface area contributed by atoms with E-state index in [2.05, 4.69) is 15.4 Å². The number of benzene rings is 1. The van der Waals surface area contributed by atoms with Gasteiger partial charge in [0, 0.05) is 18.2 Å². The van der Waals surface area contributed by atoms with Crippen molar-refractivity contribution < 1.29 is 14.7 Å². The van der Waals surface area contributed by atoms with Gasteiger partial charge in [0.2, 0.25) is 11.7 Å². The number of hydrogen-bond donors (Lipinski definition) is 1. The first-order valence-electron chi connectivity index (χ1n) is 7.89. The Labute approximate surface area is 139 Å². The SMILES string of the molecule is Cc1ccc(-c2nnn(CC(=O)N3CCCC3CC(=O)O)n2)cc1. The fourth-order valence-corrected chi connectivity index (χ4v) is 2.92. The topological polar surface area (TPSA) is 101 Å². The molecule has 1 N–H and O–H groups in total. The first-order chi connectivity index (χ1) is 11.5. The molecule has 2 heterocycles. The molecule has 1 atom stereocenters. The average Bonchev–Trinajstić information content (AvgIpc) is 3.17. The molecule has 1 saturated heterocycles. The number of tetrazole rings is 1. The summed E-state index contributed by atoms with van der Waals surface area (Å²) in [4.78, 5) is 26.2. The lowest BCUT2D eigenvalue weighted by Crippen LogP contribution is -2.39. The highest BCUT2D eigenvalue weighted by Gasteiger charge is 2.30. The number of aromatic nitrogens is 4. The van der Waals surface area contributed by atoms with E-state index in [-0.39, 0.29) is 24.9 Å². The summed E-state index contributed by atoms with van der Waals surface area (Å²) in [6.45, 7) is 2.54. The van der Waals surface area contributed by atoms with Gasteiger partial charge in [-0.3, -0.25) is 9.59 Å². The van der Waals surface area contributed by atoms with Gasteiger partial charge in [-0.05, 0) is 25.0 Å². The third-order valence-electron chi connectivity index (χ3n) is 4.15. The van der Waals surface area contributed by atoms with Crippen molar-refractivity contribution in [1.82, 2.24) is 25.1 Å². The van der Waals surface area contributed by atoms with Crippen molar-refractivity contribution in [1.29, 1.82) is 0 Å². The van der Waals surface area contributed by atoms with Crippen LogP contribution in [0.2, 0.25) is 0 Å². The molecular weight excluding hydrogens is 310 g/mol. The Hall–Kier alpha value is -2.77. The van der Waals surface area contributed by atoms with Gasteiger partial charge in [-0.15, -0.1) is 10.2 Å². The zero-order chi connectivity index (χ0) is 17.1. The van der Waals surface area contributed by atoms with Crippen LogP contribution in [0.5, 0.6) is 0 Å². The van der Waals surface area contributed by atoms with Crippen molar-refractivity contribution in [3.63, 3.8) is 0 Å². The lowest BCUT2D eigenvalue weighted by molar-refractivity contribution is -0.140. The van der Waals surface area contributed by atoms with E-state index in [0.717, 1.165) is 24.0 Å². The molecule has 1 aliphatic heterocycles. The van der Waals surface area contributed by atoms with Crippen LogP contribution in [0.1, 0.15) is 24.8 Å². The number of amides is 1. The molecule has 8 heteroatoms. The lowest BCUT2D eigenvalue weighted by Gasteiger charge is -2.22. The Morgan fingerprint density at radius 2 is 2.04 bits per heavy atom. The van der Waals surface area contributed by atoms with E-state index in [9.17, 15) is 9.59 Å². The van der Waals surface area contributed by atoms with Gasteiger partial charge in [-0.25, -0.2) is 0 Å². The van der Waals surface area contributed by atoms with E-state index in [1.54, 1.807) is 4.90 Å². The molecule has 1 aromatic carbocycles. The maximum atomic E-state index is 12.4. The van der Waals surface area contributed by atoms with Crippen LogP contribution in [-0.4, -0.2) is 54.7 Å². The minimum atomic E-state index is -0.889. The van der Waals surface area contributed by atoms with Crippen molar-refractivity contribution in [3.05, 3.63) is 29.8 Å². The Bertz CT molecular complexity index is 740. The molecule has 1 aromatic heterocycles. The number of carboxylic acids is 1. The van der Waals surface area contributed by atoms with Crippen LogP contribution >= 0.6 is 0 Å². The van der Waals surface area contributed by atoms with Crippen molar-refractivity contribution in [2.24, 2.45) is 0 Å². The van der Waals surface area contributed by atoms with E-state index in [1.807, 2.05) is 31.2 Å². The molecule has 24 heavy (non-hydrogen) atoms. The second kappa shape index (κ2) is 6.77. The van der Waals surface area contributed by atoms with Crippen LogP contribution < -0.4 is 0 Å². The molecule has 0 radical (unpaired) electrons. The Morgan fingerprint density at radius 3 is 2.75 bits per heavy atom. The maximum Gasteiger partial charge on any atom is 0.305 e. The van der Waals surface area contributed by atoms with Crippen LogP contribution in [-0.2, 0) is 16.1 Å². The number of nitrogens with zero attached hydrogens (tertiary/aromatic N) is 5. The number of aliphatic carboxylic acids is 1. The first-order valence-corrected chi connectivity index (χ1v) is 7.89. The van der Waals surface area contributed by atoms with E-state index >= 15 is 0 Å². The van der Waals surface area contributed by atoms with Crippen molar-refractivity contribution in [2.75, 3.05) is 6.54 Å². The van der Waals surface area contributed by atoms with Crippen molar-refractivity contribution in [2.45, 2.75) is 38.8 Å². The molecule has 0 aliphatic carbocycles. The number of aryl methyl sites for hydroxylation is 1. The maximum absolute atomic E-state index is 12.4. The fourth-order valence-electron chi connectivity index (χ4n) is 2.92. The molecule has 2 aromatic rings. The molecule has 1 aliphatic rings. The third-order valence-corrected chi connectivity index (χ3v) is 4.15. The summed E-state index contributed by atoms with van der Waals surface area (Å²) in [6.07, 6.45) is 1.52. The normalized spacial score (nSPS) is 17.2. The molecule has 1 amide bonds. The largest absolute Gasteiger partial charge is 0.481 e. The minimum absolute atomic E-state index is 0.0227. The van der Waals surface area contributed by atoms with Crippen LogP contribution in [0.4, 0.5) is 0 Å². The third kappa shape index (κ3) is 3.58. The van der Waals surface area contributed by atoms with Gasteiger partial charge >= 0.3 is 5.97 Å². The van der Waals surface area contributed by atoms with Gasteiger partial charge in [0.1, 0.15) is 6.54 Å². The van der Waals surface area contributed by atoms with Gasteiger partial charge in [0.05, 0.1) is 6.42 Å². The highest BCUT2D eigenvalue weighted by molar-refractivity contribution is 5.77. The standard InChI is InChI=1S/C16H19N5O3/c1-11-4-6-12(7-5-11)16-17-19-21(18-16)10-14(22)20-8-2-3-13(20)9-15(23)24/h4-7,13H,2-3,8-10H2,1H3,(H,23,24). The first kappa shape index (κ1) is 16.1. The highest BCUT2D eigenvalue weighted by Crippen LogP contribution is 2.20. The molecule has 126 valence electrons. The summed E-state index contributed by atoms with van der Waals surface area (Å²) in [5.74, 6) is -0.599. The van der Waals surface area contributed by atoms with Crippen LogP contribution in [0.15, 0.2) is 24.3 Å². The van der Waals surface area contributed by atoms with Gasteiger partial charge in [-0.1, -0.05) is 29.8 Å². The number of carbonyl (C=O) groups excluding carboxylic acids is 1. The van der Waals surface area contributed by atoms with Crippen LogP contribution in [0.25, 0.3) is 11.4 Å². The van der Waals surface area contributed by atoms with Crippen molar-refractivity contribution >= 4 is 11.9 Å². The summed E-state index contributed by atoms with van der Waals surface area (Å²) >= 11 is 0. The minimum Gasteiger partial charge on any atom is -0.481 e. The monoisotopic (exact) mass is 329 g/mol. The Kier molecular flexibility index (Phi) is 4.54. The van der Waals surface area contributed by atoms with E-state index in [0.29, 0.717) is 12.4 Å². The van der Waals surface area contributed by atoms with E-state index in [4.69, 9.17) is 5.11 Å². The van der Waals surface area contributed by atoms with E-state index < -0.39 is 5.97 Å². The molecule has 3 rings (SSSR count). The van der Waals surface area contributed by atoms with Gasteiger partial charge < -0.3 is 10.0 Å². The Balaban J connectivity index is 1.67. The predicted molar refractivity (Wildman–Crippen MR) is 85.0 cm³/mol. The van der Waals surface area contributed by atoms with Gasteiger partial charge in [-0.2, -0.15) is 4.80 Å². The quantitative estimate of drug-likeness (QED) is 0.882. The number of carboxylic acid groups (broad SMARTS) is 1. The van der Waals surface area contributed by atoms with Crippen molar-refractivity contribution in [3.8, 4) is 11.4 Å². The molecule has 1 fully saturated rings. The Morgan fingerprint density at radius 1 is 1.29 bits per heavy atom. The lowest BCUT2D eigenvalue weighted by atomic mass is 10.1. The zero-order valence-corrected chi connectivity index (χ0v) is 13.4. The van der Waals surface area contributed by atoms with Gasteiger partial charge in [0.15, 0.2) is 0 Å². The smallest absolute Gasteiger partial charge is 0.305 e. The van der Waals surface area contributed by atoms with Crippen LogP contribution in [0.3, 0.4) is 0 Å². The molecule has 8 nitrogen and oxygen atoms in total. The van der Waals surface area contributed by atoms with Gasteiger partial charge in [0.25, 0.3) is 0 Å². The molecule has 1 unspecified atom stereocenters. The molecule has 0 bridgehead atoms. The summed E-state index contributed by atoms with van der Waals surface area (Å²) in [5, 5.41) is 21.1. The number of rotatable bonds is 5. The second-order valence-electron chi connectivity index (χ2n) is 5.99. The number of carbonyl (C=O) groups is 2. The van der Waals surface area contributed by atoms with Crippen LogP contribution in [0, 0.1) is 6.92 Å². The summed E-state index contributed by atoms with van der Waals surface area (Å²) < 4.78 is 0. The summed E-state index contributed by atoms with van der Waals surface area (Å²) in [6, 6.07) is 7.49. The molecule has 0 saturated carbocycles. The zero-order valence-electron chi connectivity index (χ0n) is 13.4. The second-order valence-corrected chi connectivity index (χ2v) is 5.99. The highest BCUT2D eigenvalue weighted by atomic mass is 16.4. The molecule has 0 spiro atoms. The van der Waals surface area contributed by atoms with E-state index in [1.165, 1.54) is 4.80 Å². The predicted octanol–water partition coefficient (Wildman–Crippen LogP) is 1.11. The molecular formula is C16H19N5O3.